The Kier molecular flexibility index (Phi) is 7.03. The minimum atomic E-state index is -0.524. The van der Waals surface area contributed by atoms with Crippen LogP contribution in [-0.4, -0.2) is 59.9 Å². The van der Waals surface area contributed by atoms with Crippen LogP contribution in [0.4, 0.5) is 17.5 Å². The molecule has 0 spiro atoms. The highest BCUT2D eigenvalue weighted by molar-refractivity contribution is 7.03. The molecule has 0 fully saturated rings. The van der Waals surface area contributed by atoms with Crippen LogP contribution in [0.3, 0.4) is 0 Å². The van der Waals surface area contributed by atoms with E-state index in [1.54, 1.807) is 37.2 Å². The van der Waals surface area contributed by atoms with Gasteiger partial charge in [0.15, 0.2) is 11.6 Å². The number of hydrazine groups is 1. The first-order valence-corrected chi connectivity index (χ1v) is 18.2. The van der Waals surface area contributed by atoms with E-state index in [4.69, 9.17) is 24.3 Å². The zero-order valence-electron chi connectivity index (χ0n) is 28.6. The number of hydrogen-bond donors (Lipinski definition) is 3. The van der Waals surface area contributed by atoms with Crippen LogP contribution in [0.25, 0.3) is 66.8 Å². The van der Waals surface area contributed by atoms with E-state index < -0.39 is 6.04 Å². The molecule has 14 nitrogen and oxygen atoms in total. The van der Waals surface area contributed by atoms with E-state index in [0.717, 1.165) is 66.6 Å². The molecule has 15 heteroatoms. The Morgan fingerprint density at radius 2 is 1.55 bits per heavy atom. The smallest absolute Gasteiger partial charge is 0.266 e. The highest BCUT2D eigenvalue weighted by Crippen LogP contribution is 2.60. The maximum Gasteiger partial charge on any atom is 0.266 e. The van der Waals surface area contributed by atoms with Gasteiger partial charge >= 0.3 is 0 Å². The van der Waals surface area contributed by atoms with Crippen molar-refractivity contribution in [1.82, 2.24) is 59.9 Å². The van der Waals surface area contributed by atoms with Crippen molar-refractivity contribution < 1.29 is 0 Å². The van der Waals surface area contributed by atoms with Crippen molar-refractivity contribution >= 4 is 50.7 Å². The average molecular weight is 735 g/mol. The number of H-pyrrole nitrogens is 3. The predicted molar refractivity (Wildman–Crippen MR) is 210 cm³/mol. The van der Waals surface area contributed by atoms with Gasteiger partial charge in [-0.25, -0.2) is 25.1 Å². The minimum absolute atomic E-state index is 0.376. The van der Waals surface area contributed by atoms with Gasteiger partial charge in [0.25, 0.3) is 5.95 Å². The summed E-state index contributed by atoms with van der Waals surface area (Å²) >= 11 is 1.36. The molecule has 3 aromatic carbocycles. The van der Waals surface area contributed by atoms with E-state index in [2.05, 4.69) is 77.0 Å². The molecular weight excluding hydrogens is 709 g/mol. The van der Waals surface area contributed by atoms with Crippen molar-refractivity contribution in [2.24, 2.45) is 0 Å². The van der Waals surface area contributed by atoms with Crippen molar-refractivity contribution in [3.8, 4) is 45.2 Å². The largest absolute Gasteiger partial charge is 0.362 e. The van der Waals surface area contributed by atoms with Crippen molar-refractivity contribution in [3.63, 3.8) is 0 Å². The topological polar surface area (TPSA) is 170 Å². The second kappa shape index (κ2) is 12.5. The Hall–Kier alpha value is -7.65. The maximum absolute atomic E-state index is 5.00. The Balaban J connectivity index is 1.42. The fourth-order valence-electron chi connectivity index (χ4n) is 7.78. The number of nitrogens with one attached hydrogen (secondary N) is 3. The highest BCUT2D eigenvalue weighted by Gasteiger charge is 2.48. The van der Waals surface area contributed by atoms with Gasteiger partial charge in [0, 0.05) is 92.4 Å². The molecule has 8 heterocycles. The third kappa shape index (κ3) is 4.83. The summed E-state index contributed by atoms with van der Waals surface area (Å²) in [5.74, 6) is 1.57. The summed E-state index contributed by atoms with van der Waals surface area (Å²) in [5, 5.41) is 25.0. The standard InChI is InChI=1S/C40H26N14S/c1-3-10-25-24(9-1)21-46-36(25)38-35-31(28-20-23-8-2-4-11-26(23)47-28)34(39-44-15-7-16-45-39)32(29-22-41-17-18-43-29)33(27-12-5-6-14-42-27)37(35)54(40-48-51-52-49-40)53(38)30-13-19-55-50-30/h1-22,38,46-47H,(H,48,49,51,52). The van der Waals surface area contributed by atoms with E-state index >= 15 is 0 Å². The molecule has 1 aliphatic heterocycles. The van der Waals surface area contributed by atoms with Gasteiger partial charge < -0.3 is 9.97 Å². The van der Waals surface area contributed by atoms with Gasteiger partial charge in [-0.3, -0.25) is 15.0 Å². The third-order valence-corrected chi connectivity index (χ3v) is 10.4. The SMILES string of the molecule is c1ccc(-c2c(-c3cnccn3)c(-c3ncccn3)c(-c3cc4ccccc4[nH]3)c3c2N(c2nnn[nH]2)N(c2ccsn2)C3c2[nH]cc3ccccc23)nc1. The van der Waals surface area contributed by atoms with Gasteiger partial charge in [0.05, 0.1) is 29.0 Å². The number of anilines is 3. The van der Waals surface area contributed by atoms with Crippen molar-refractivity contribution in [3.05, 3.63) is 145 Å². The molecule has 7 aromatic heterocycles. The first kappa shape index (κ1) is 30.9. The lowest BCUT2D eigenvalue weighted by Crippen LogP contribution is -2.38. The van der Waals surface area contributed by atoms with Crippen LogP contribution in [0, 0.1) is 0 Å². The summed E-state index contributed by atoms with van der Waals surface area (Å²) in [6.07, 6.45) is 12.5. The first-order chi connectivity index (χ1) is 27.3. The van der Waals surface area contributed by atoms with Gasteiger partial charge in [-0.1, -0.05) is 53.6 Å². The fourth-order valence-corrected chi connectivity index (χ4v) is 8.27. The predicted octanol–water partition coefficient (Wildman–Crippen LogP) is 7.92. The lowest BCUT2D eigenvalue weighted by molar-refractivity contribution is 0.735. The molecule has 0 saturated heterocycles. The summed E-state index contributed by atoms with van der Waals surface area (Å²) in [4.78, 5) is 31.8. The Labute approximate surface area is 315 Å². The molecule has 0 radical (unpaired) electrons. The fraction of sp³-hybridized carbons (Fsp3) is 0.0250. The molecule has 10 aromatic rings. The summed E-state index contributed by atoms with van der Waals surface area (Å²) in [6.45, 7) is 0. The van der Waals surface area contributed by atoms with Crippen molar-refractivity contribution in [1.29, 1.82) is 0 Å². The van der Waals surface area contributed by atoms with Gasteiger partial charge in [-0.2, -0.15) is 4.37 Å². The number of para-hydroxylation sites is 1. The molecule has 1 unspecified atom stereocenters. The van der Waals surface area contributed by atoms with Gasteiger partial charge in [0.2, 0.25) is 0 Å². The summed E-state index contributed by atoms with van der Waals surface area (Å²) in [7, 11) is 0. The molecule has 1 aliphatic rings. The third-order valence-electron chi connectivity index (χ3n) is 9.89. The normalized spacial score (nSPS) is 13.9. The number of tetrazole rings is 1. The molecule has 3 N–H and O–H groups in total. The molecule has 0 bridgehead atoms. The molecule has 55 heavy (non-hydrogen) atoms. The maximum atomic E-state index is 5.00. The van der Waals surface area contributed by atoms with Gasteiger partial charge in [-0.05, 0) is 63.7 Å². The van der Waals surface area contributed by atoms with E-state index in [1.165, 1.54) is 11.5 Å². The molecule has 0 aliphatic carbocycles. The number of hydrogen-bond acceptors (Lipinski definition) is 12. The summed E-state index contributed by atoms with van der Waals surface area (Å²) in [5.41, 5.74) is 8.86. The molecule has 1 atom stereocenters. The quantitative estimate of drug-likeness (QED) is 0.145. The Bertz CT molecular complexity index is 2910. The van der Waals surface area contributed by atoms with E-state index in [1.807, 2.05) is 65.1 Å². The van der Waals surface area contributed by atoms with Gasteiger partial charge in [-0.15, -0.1) is 0 Å². The van der Waals surface area contributed by atoms with Gasteiger partial charge in [0.1, 0.15) is 6.04 Å². The Morgan fingerprint density at radius 1 is 0.709 bits per heavy atom. The van der Waals surface area contributed by atoms with Crippen LogP contribution in [0.5, 0.6) is 0 Å². The number of rotatable bonds is 7. The van der Waals surface area contributed by atoms with Crippen LogP contribution in [0.1, 0.15) is 17.3 Å². The Morgan fingerprint density at radius 3 is 2.33 bits per heavy atom. The molecule has 11 rings (SSSR count). The monoisotopic (exact) mass is 734 g/mol. The first-order valence-electron chi connectivity index (χ1n) is 17.4. The number of aromatic nitrogens is 12. The molecule has 0 amide bonds. The second-order valence-corrected chi connectivity index (χ2v) is 13.5. The molecule has 0 saturated carbocycles. The number of aromatic amines is 3. The lowest BCUT2D eigenvalue weighted by atomic mass is 9.82. The van der Waals surface area contributed by atoms with Crippen LogP contribution < -0.4 is 10.0 Å². The average Bonchev–Trinajstić information content (AvgIpc) is 4.10. The number of benzene rings is 3. The van der Waals surface area contributed by atoms with Crippen LogP contribution >= 0.6 is 11.5 Å². The lowest BCUT2D eigenvalue weighted by Gasteiger charge is -2.32. The van der Waals surface area contributed by atoms with Crippen LogP contribution in [-0.2, 0) is 0 Å². The summed E-state index contributed by atoms with van der Waals surface area (Å²) < 4.78 is 4.94. The summed E-state index contributed by atoms with van der Waals surface area (Å²) in [6, 6.07) is 27.9. The van der Waals surface area contributed by atoms with Crippen molar-refractivity contribution in [2.75, 3.05) is 10.0 Å². The molecule has 262 valence electrons. The highest BCUT2D eigenvalue weighted by atomic mass is 32.1. The molecular formula is C40H26N14S. The van der Waals surface area contributed by atoms with E-state index in [0.29, 0.717) is 29.0 Å². The zero-order valence-corrected chi connectivity index (χ0v) is 29.4. The number of nitrogens with zero attached hydrogens (tertiary/aromatic N) is 11. The van der Waals surface area contributed by atoms with Crippen molar-refractivity contribution in [2.45, 2.75) is 6.04 Å². The van der Waals surface area contributed by atoms with Crippen LogP contribution in [0.2, 0.25) is 0 Å². The van der Waals surface area contributed by atoms with Crippen LogP contribution in [0.15, 0.2) is 134 Å². The zero-order chi connectivity index (χ0) is 36.3. The van der Waals surface area contributed by atoms with E-state index in [9.17, 15) is 0 Å². The number of fused-ring (bicyclic) bond motifs is 3. The second-order valence-electron chi connectivity index (χ2n) is 12.8. The van der Waals surface area contributed by atoms with E-state index in [-0.39, 0.29) is 0 Å². The minimum Gasteiger partial charge on any atom is -0.362 e. The number of pyridine rings is 1.